The summed E-state index contributed by atoms with van der Waals surface area (Å²) in [4.78, 5) is 11.9. The second-order valence-corrected chi connectivity index (χ2v) is 9.79. The first kappa shape index (κ1) is 17.5. The van der Waals surface area contributed by atoms with Gasteiger partial charge in [0.05, 0.1) is 0 Å². The highest BCUT2D eigenvalue weighted by molar-refractivity contribution is 5.92. The van der Waals surface area contributed by atoms with Crippen LogP contribution in [-0.4, -0.2) is 19.5 Å². The van der Waals surface area contributed by atoms with Crippen molar-refractivity contribution < 1.29 is 9.53 Å². The third-order valence-electron chi connectivity index (χ3n) is 8.71. The Morgan fingerprint density at radius 3 is 2.76 bits per heavy atom. The molecule has 0 aromatic carbocycles. The van der Waals surface area contributed by atoms with Crippen LogP contribution in [0.3, 0.4) is 0 Å². The van der Waals surface area contributed by atoms with Crippen LogP contribution in [0, 0.1) is 40.4 Å². The highest BCUT2D eigenvalue weighted by Crippen LogP contribution is 2.66. The first-order valence-corrected chi connectivity index (χ1v) is 10.3. The Hall–Kier alpha value is -0.890. The standard InChI is InChI=1S/C23H34O2/c1-15(14-25-4)19-7-8-20-18-6-5-16-13-17(24)9-11-22(16,2)21(18)10-12-23(19,20)3/h5-6,13,15,18-21H,7-12,14H2,1-4H3/t15-,18?,19?,20?,21?,22+,23-/m1/s1. The number of allylic oxidation sites excluding steroid dienone is 4. The Morgan fingerprint density at radius 2 is 2.00 bits per heavy atom. The van der Waals surface area contributed by atoms with Gasteiger partial charge in [0.15, 0.2) is 5.78 Å². The maximum absolute atomic E-state index is 11.9. The van der Waals surface area contributed by atoms with Gasteiger partial charge >= 0.3 is 0 Å². The predicted octanol–water partition coefficient (Wildman–Crippen LogP) is 5.19. The molecule has 0 radical (unpaired) electrons. The molecule has 0 heterocycles. The number of rotatable bonds is 3. The molecule has 138 valence electrons. The zero-order valence-electron chi connectivity index (χ0n) is 16.4. The first-order valence-electron chi connectivity index (χ1n) is 10.3. The minimum absolute atomic E-state index is 0.227. The summed E-state index contributed by atoms with van der Waals surface area (Å²) in [5.74, 6) is 4.01. The zero-order chi connectivity index (χ0) is 17.8. The minimum atomic E-state index is 0.227. The number of carbonyl (C=O) groups excluding carboxylic acids is 1. The summed E-state index contributed by atoms with van der Waals surface area (Å²) >= 11 is 0. The summed E-state index contributed by atoms with van der Waals surface area (Å²) < 4.78 is 5.49. The van der Waals surface area contributed by atoms with E-state index < -0.39 is 0 Å². The van der Waals surface area contributed by atoms with Crippen LogP contribution in [0.2, 0.25) is 0 Å². The molecule has 4 aliphatic carbocycles. The minimum Gasteiger partial charge on any atom is -0.384 e. The fraction of sp³-hybridized carbons (Fsp3) is 0.783. The fourth-order valence-corrected chi connectivity index (χ4v) is 7.35. The van der Waals surface area contributed by atoms with Crippen molar-refractivity contribution in [2.24, 2.45) is 40.4 Å². The number of hydrogen-bond acceptors (Lipinski definition) is 2. The molecular weight excluding hydrogens is 308 g/mol. The Morgan fingerprint density at radius 1 is 1.20 bits per heavy atom. The van der Waals surface area contributed by atoms with E-state index in [0.717, 1.165) is 37.2 Å². The molecular formula is C23H34O2. The molecule has 2 nitrogen and oxygen atoms in total. The van der Waals surface area contributed by atoms with Crippen molar-refractivity contribution in [3.8, 4) is 0 Å². The van der Waals surface area contributed by atoms with E-state index in [-0.39, 0.29) is 5.41 Å². The second-order valence-electron chi connectivity index (χ2n) is 9.79. The lowest BCUT2D eigenvalue weighted by Gasteiger charge is -2.56. The molecule has 7 atom stereocenters. The first-order chi connectivity index (χ1) is 11.9. The van der Waals surface area contributed by atoms with Crippen LogP contribution >= 0.6 is 0 Å². The molecule has 0 aromatic heterocycles. The molecule has 0 N–H and O–H groups in total. The summed E-state index contributed by atoms with van der Waals surface area (Å²) in [6.45, 7) is 8.29. The number of ether oxygens (including phenoxy) is 1. The van der Waals surface area contributed by atoms with Gasteiger partial charge in [-0.1, -0.05) is 32.9 Å². The molecule has 25 heavy (non-hydrogen) atoms. The number of fused-ring (bicyclic) bond motifs is 5. The summed E-state index contributed by atoms with van der Waals surface area (Å²) in [7, 11) is 1.84. The third kappa shape index (κ3) is 2.51. The van der Waals surface area contributed by atoms with Gasteiger partial charge in [-0.2, -0.15) is 0 Å². The highest BCUT2D eigenvalue weighted by atomic mass is 16.5. The van der Waals surface area contributed by atoms with E-state index in [0.29, 0.717) is 23.0 Å². The van der Waals surface area contributed by atoms with Gasteiger partial charge in [0.2, 0.25) is 0 Å². The van der Waals surface area contributed by atoms with Gasteiger partial charge in [0.1, 0.15) is 0 Å². The summed E-state index contributed by atoms with van der Waals surface area (Å²) in [5, 5.41) is 0. The second kappa shape index (κ2) is 6.08. The van der Waals surface area contributed by atoms with Crippen LogP contribution in [0.25, 0.3) is 0 Å². The topological polar surface area (TPSA) is 26.3 Å². The molecule has 4 rings (SSSR count). The van der Waals surface area contributed by atoms with Gasteiger partial charge in [-0.15, -0.1) is 0 Å². The number of ketones is 1. The number of carbonyl (C=O) groups is 1. The van der Waals surface area contributed by atoms with Crippen LogP contribution in [-0.2, 0) is 9.53 Å². The smallest absolute Gasteiger partial charge is 0.156 e. The van der Waals surface area contributed by atoms with Crippen molar-refractivity contribution >= 4 is 5.78 Å². The molecule has 4 unspecified atom stereocenters. The van der Waals surface area contributed by atoms with E-state index in [2.05, 4.69) is 32.9 Å². The van der Waals surface area contributed by atoms with E-state index in [9.17, 15) is 4.79 Å². The van der Waals surface area contributed by atoms with Gasteiger partial charge in [0, 0.05) is 20.1 Å². The lowest BCUT2D eigenvalue weighted by molar-refractivity contribution is -0.116. The molecule has 0 amide bonds. The SMILES string of the molecule is COC[C@@H](C)C1CCC2C3C=CC4=CC(=O)CC[C@]4(C)C3CC[C@@]21C. The average Bonchev–Trinajstić information content (AvgIpc) is 2.93. The molecule has 4 aliphatic rings. The number of hydrogen-bond donors (Lipinski definition) is 0. The zero-order valence-corrected chi connectivity index (χ0v) is 16.4. The quantitative estimate of drug-likeness (QED) is 0.705. The Labute approximate surface area is 153 Å². The van der Waals surface area contributed by atoms with E-state index in [1.165, 1.54) is 31.3 Å². The van der Waals surface area contributed by atoms with Gasteiger partial charge in [-0.05, 0) is 84.2 Å². The fourth-order valence-electron chi connectivity index (χ4n) is 7.35. The monoisotopic (exact) mass is 342 g/mol. The van der Waals surface area contributed by atoms with Crippen LogP contribution in [0.4, 0.5) is 0 Å². The molecule has 2 fully saturated rings. The predicted molar refractivity (Wildman–Crippen MR) is 101 cm³/mol. The van der Waals surface area contributed by atoms with Crippen LogP contribution in [0.15, 0.2) is 23.8 Å². The molecule has 2 heteroatoms. The van der Waals surface area contributed by atoms with E-state index >= 15 is 0 Å². The largest absolute Gasteiger partial charge is 0.384 e. The van der Waals surface area contributed by atoms with Crippen LogP contribution in [0.1, 0.15) is 59.3 Å². The van der Waals surface area contributed by atoms with Gasteiger partial charge < -0.3 is 4.74 Å². The molecule has 0 aromatic rings. The normalized spacial score (nSPS) is 46.9. The summed E-state index contributed by atoms with van der Waals surface area (Å²) in [6, 6.07) is 0. The van der Waals surface area contributed by atoms with Crippen molar-refractivity contribution in [1.29, 1.82) is 0 Å². The van der Waals surface area contributed by atoms with Gasteiger partial charge in [0.25, 0.3) is 0 Å². The van der Waals surface area contributed by atoms with E-state index in [1.807, 2.05) is 13.2 Å². The molecule has 0 bridgehead atoms. The highest BCUT2D eigenvalue weighted by Gasteiger charge is 2.58. The van der Waals surface area contributed by atoms with E-state index in [1.54, 1.807) is 0 Å². The molecule has 0 aliphatic heterocycles. The van der Waals surface area contributed by atoms with Crippen molar-refractivity contribution in [3.05, 3.63) is 23.8 Å². The summed E-state index contributed by atoms with van der Waals surface area (Å²) in [6.07, 6.45) is 13.9. The lowest BCUT2D eigenvalue weighted by Crippen LogP contribution is -2.49. The Balaban J connectivity index is 1.65. The van der Waals surface area contributed by atoms with Gasteiger partial charge in [-0.25, -0.2) is 0 Å². The molecule has 2 saturated carbocycles. The van der Waals surface area contributed by atoms with Crippen molar-refractivity contribution in [2.75, 3.05) is 13.7 Å². The maximum atomic E-state index is 11.9. The van der Waals surface area contributed by atoms with Crippen LogP contribution in [0.5, 0.6) is 0 Å². The molecule has 0 saturated heterocycles. The van der Waals surface area contributed by atoms with Crippen molar-refractivity contribution in [2.45, 2.75) is 59.3 Å². The van der Waals surface area contributed by atoms with Crippen molar-refractivity contribution in [3.63, 3.8) is 0 Å². The number of methoxy groups -OCH3 is 1. The van der Waals surface area contributed by atoms with Gasteiger partial charge in [-0.3, -0.25) is 4.79 Å². The summed E-state index contributed by atoms with van der Waals surface area (Å²) in [5.41, 5.74) is 2.01. The molecule has 0 spiro atoms. The Kier molecular flexibility index (Phi) is 4.26. The van der Waals surface area contributed by atoms with Crippen molar-refractivity contribution in [1.82, 2.24) is 0 Å². The Bertz CT molecular complexity index is 618. The average molecular weight is 343 g/mol. The van der Waals surface area contributed by atoms with E-state index in [4.69, 9.17) is 4.74 Å². The lowest BCUT2D eigenvalue weighted by atomic mass is 9.48. The van der Waals surface area contributed by atoms with Crippen LogP contribution < -0.4 is 0 Å². The maximum Gasteiger partial charge on any atom is 0.156 e. The third-order valence-corrected chi connectivity index (χ3v) is 8.71.